The topological polar surface area (TPSA) is 91.1 Å². The predicted octanol–water partition coefficient (Wildman–Crippen LogP) is 5.63. The van der Waals surface area contributed by atoms with E-state index in [9.17, 15) is 19.3 Å². The number of carbonyl (C=O) groups is 1. The summed E-state index contributed by atoms with van der Waals surface area (Å²) < 4.78 is 30.9. The van der Waals surface area contributed by atoms with E-state index in [1.807, 2.05) is 26.0 Å². The molecular formula is C28H25FN2O6. The van der Waals surface area contributed by atoms with Crippen LogP contribution in [0.1, 0.15) is 40.9 Å². The van der Waals surface area contributed by atoms with Gasteiger partial charge in [-0.3, -0.25) is 10.1 Å². The van der Waals surface area contributed by atoms with Crippen LogP contribution in [0.5, 0.6) is 11.5 Å². The third kappa shape index (κ3) is 3.69. The molecule has 0 fully saturated rings. The average molecular weight is 505 g/mol. The van der Waals surface area contributed by atoms with Crippen LogP contribution in [0, 0.1) is 15.9 Å². The Balaban J connectivity index is 1.70. The van der Waals surface area contributed by atoms with Crippen molar-refractivity contribution in [3.8, 4) is 11.5 Å². The Bertz CT molecular complexity index is 1450. The van der Waals surface area contributed by atoms with Gasteiger partial charge in [-0.1, -0.05) is 12.1 Å². The molecule has 0 bridgehead atoms. The summed E-state index contributed by atoms with van der Waals surface area (Å²) in [4.78, 5) is 25.4. The molecular weight excluding hydrogens is 479 g/mol. The van der Waals surface area contributed by atoms with Crippen LogP contribution in [-0.2, 0) is 16.7 Å². The highest BCUT2D eigenvalue weighted by Gasteiger charge is 2.59. The monoisotopic (exact) mass is 504 g/mol. The minimum atomic E-state index is -1.10. The van der Waals surface area contributed by atoms with Crippen molar-refractivity contribution in [3.63, 3.8) is 0 Å². The van der Waals surface area contributed by atoms with Crippen molar-refractivity contribution >= 4 is 23.4 Å². The van der Waals surface area contributed by atoms with Crippen LogP contribution in [0.25, 0.3) is 6.08 Å². The summed E-state index contributed by atoms with van der Waals surface area (Å²) in [5, 5.41) is 11.5. The highest BCUT2D eigenvalue weighted by Crippen LogP contribution is 2.57. The smallest absolute Gasteiger partial charge is 0.337 e. The van der Waals surface area contributed by atoms with E-state index < -0.39 is 22.0 Å². The molecule has 0 N–H and O–H groups in total. The van der Waals surface area contributed by atoms with Crippen molar-refractivity contribution in [2.45, 2.75) is 31.5 Å². The van der Waals surface area contributed by atoms with Crippen molar-refractivity contribution in [1.29, 1.82) is 0 Å². The summed E-state index contributed by atoms with van der Waals surface area (Å²) in [5.41, 5.74) is 1.52. The number of rotatable bonds is 5. The highest BCUT2D eigenvalue weighted by atomic mass is 19.1. The first-order chi connectivity index (χ1) is 17.6. The fourth-order valence-corrected chi connectivity index (χ4v) is 5.17. The highest BCUT2D eigenvalue weighted by molar-refractivity contribution is 5.91. The number of fused-ring (bicyclic) bond motifs is 2. The molecule has 8 nitrogen and oxygen atoms in total. The number of nitrogens with zero attached hydrogens (tertiary/aromatic N) is 2. The number of hydrogen-bond acceptors (Lipinski definition) is 7. The van der Waals surface area contributed by atoms with E-state index in [-0.39, 0.29) is 17.3 Å². The van der Waals surface area contributed by atoms with Crippen molar-refractivity contribution in [2.24, 2.45) is 0 Å². The van der Waals surface area contributed by atoms with Gasteiger partial charge in [0, 0.05) is 23.9 Å². The van der Waals surface area contributed by atoms with E-state index in [4.69, 9.17) is 14.2 Å². The number of nitro benzene ring substituents is 1. The Kier molecular flexibility index (Phi) is 5.66. The SMILES string of the molecule is COC(=O)c1ccc2c(c1)C(C)(C)C1(C=Cc3cc([N+](=O)[O-])cc(OC)c3O1)N2Cc1ccc(F)cc1. The molecule has 190 valence electrons. The van der Waals surface area contributed by atoms with Crippen LogP contribution in [0.3, 0.4) is 0 Å². The molecule has 9 heteroatoms. The number of non-ortho nitro benzene ring substituents is 1. The average Bonchev–Trinajstić information content (AvgIpc) is 3.06. The number of hydrogen-bond donors (Lipinski definition) is 0. The first kappa shape index (κ1) is 24.3. The van der Waals surface area contributed by atoms with Gasteiger partial charge in [-0.2, -0.15) is 0 Å². The molecule has 2 heterocycles. The normalized spacial score (nSPS) is 18.7. The molecule has 3 aromatic carbocycles. The molecule has 2 aliphatic heterocycles. The lowest BCUT2D eigenvalue weighted by atomic mass is 9.76. The number of halogens is 1. The van der Waals surface area contributed by atoms with Gasteiger partial charge in [-0.25, -0.2) is 9.18 Å². The van der Waals surface area contributed by atoms with Crippen molar-refractivity contribution in [3.05, 3.63) is 98.9 Å². The zero-order valence-electron chi connectivity index (χ0n) is 20.8. The number of nitro groups is 1. The molecule has 0 aliphatic carbocycles. The molecule has 2 aliphatic rings. The molecule has 1 atom stereocenters. The quantitative estimate of drug-likeness (QED) is 0.253. The van der Waals surface area contributed by atoms with Gasteiger partial charge < -0.3 is 19.1 Å². The van der Waals surface area contributed by atoms with Crippen molar-refractivity contribution in [1.82, 2.24) is 0 Å². The number of esters is 1. The molecule has 0 saturated heterocycles. The maximum absolute atomic E-state index is 13.6. The van der Waals surface area contributed by atoms with Gasteiger partial charge in [-0.05, 0) is 67.5 Å². The molecule has 1 unspecified atom stereocenters. The first-order valence-corrected chi connectivity index (χ1v) is 11.6. The number of carbonyl (C=O) groups excluding carboxylic acids is 1. The lowest BCUT2D eigenvalue weighted by molar-refractivity contribution is -0.385. The third-order valence-electron chi connectivity index (χ3n) is 7.18. The number of methoxy groups -OCH3 is 2. The van der Waals surface area contributed by atoms with Gasteiger partial charge in [0.15, 0.2) is 11.5 Å². The standard InChI is InChI=1S/C28H25FN2O6/c1-27(2)22-14-19(26(32)36-4)7-10-23(22)30(16-17-5-8-20(29)9-6-17)28(27)12-11-18-13-21(31(33)34)15-24(35-3)25(18)37-28/h5-15H,16H2,1-4H3. The number of ether oxygens (including phenoxy) is 3. The lowest BCUT2D eigenvalue weighted by Gasteiger charge is -2.47. The molecule has 0 amide bonds. The largest absolute Gasteiger partial charge is 0.493 e. The van der Waals surface area contributed by atoms with Crippen molar-refractivity contribution < 1.29 is 28.3 Å². The van der Waals surface area contributed by atoms with Gasteiger partial charge in [0.05, 0.1) is 36.2 Å². The zero-order valence-corrected chi connectivity index (χ0v) is 20.8. The van der Waals surface area contributed by atoms with Gasteiger partial charge in [0.2, 0.25) is 5.72 Å². The fraction of sp³-hybridized carbons (Fsp3) is 0.250. The molecule has 0 saturated carbocycles. The van der Waals surface area contributed by atoms with Crippen LogP contribution in [0.2, 0.25) is 0 Å². The van der Waals surface area contributed by atoms with Crippen LogP contribution < -0.4 is 14.4 Å². The second kappa shape index (κ2) is 8.62. The van der Waals surface area contributed by atoms with Gasteiger partial charge in [-0.15, -0.1) is 0 Å². The van der Waals surface area contributed by atoms with E-state index in [1.165, 1.54) is 38.5 Å². The summed E-state index contributed by atoms with van der Waals surface area (Å²) in [6, 6.07) is 14.3. The Morgan fingerprint density at radius 1 is 1.11 bits per heavy atom. The Hall–Kier alpha value is -4.40. The van der Waals surface area contributed by atoms with Gasteiger partial charge in [0.1, 0.15) is 5.82 Å². The van der Waals surface area contributed by atoms with Gasteiger partial charge >= 0.3 is 5.97 Å². The third-order valence-corrected chi connectivity index (χ3v) is 7.18. The summed E-state index contributed by atoms with van der Waals surface area (Å²) in [6.45, 7) is 4.37. The fourth-order valence-electron chi connectivity index (χ4n) is 5.17. The van der Waals surface area contributed by atoms with E-state index >= 15 is 0 Å². The second-order valence-corrected chi connectivity index (χ2v) is 9.52. The van der Waals surface area contributed by atoms with Crippen LogP contribution >= 0.6 is 0 Å². The lowest BCUT2D eigenvalue weighted by Crippen LogP contribution is -2.59. The molecule has 0 aromatic heterocycles. The molecule has 3 aromatic rings. The number of benzene rings is 3. The van der Waals surface area contributed by atoms with E-state index in [1.54, 1.807) is 30.3 Å². The number of anilines is 1. The Morgan fingerprint density at radius 2 is 1.84 bits per heavy atom. The minimum Gasteiger partial charge on any atom is -0.493 e. The maximum atomic E-state index is 13.6. The molecule has 5 rings (SSSR count). The molecule has 0 radical (unpaired) electrons. The van der Waals surface area contributed by atoms with E-state index in [0.29, 0.717) is 23.4 Å². The summed E-state index contributed by atoms with van der Waals surface area (Å²) in [5.74, 6) is -0.188. The van der Waals surface area contributed by atoms with Crippen LogP contribution in [0.4, 0.5) is 15.8 Å². The van der Waals surface area contributed by atoms with E-state index in [2.05, 4.69) is 4.90 Å². The predicted molar refractivity (Wildman–Crippen MR) is 135 cm³/mol. The minimum absolute atomic E-state index is 0.111. The van der Waals surface area contributed by atoms with Gasteiger partial charge in [0.25, 0.3) is 5.69 Å². The van der Waals surface area contributed by atoms with Crippen LogP contribution in [-0.4, -0.2) is 30.8 Å². The zero-order chi connectivity index (χ0) is 26.5. The Labute approximate surface area is 213 Å². The summed E-state index contributed by atoms with van der Waals surface area (Å²) in [7, 11) is 2.76. The first-order valence-electron chi connectivity index (χ1n) is 11.6. The Morgan fingerprint density at radius 3 is 2.49 bits per heavy atom. The summed E-state index contributed by atoms with van der Waals surface area (Å²) >= 11 is 0. The van der Waals surface area contributed by atoms with E-state index in [0.717, 1.165) is 16.8 Å². The maximum Gasteiger partial charge on any atom is 0.337 e. The van der Waals surface area contributed by atoms with Crippen LogP contribution in [0.15, 0.2) is 60.7 Å². The summed E-state index contributed by atoms with van der Waals surface area (Å²) in [6.07, 6.45) is 3.67. The van der Waals surface area contributed by atoms with Crippen molar-refractivity contribution in [2.75, 3.05) is 19.1 Å². The molecule has 1 spiro atoms. The second-order valence-electron chi connectivity index (χ2n) is 9.52. The molecule has 37 heavy (non-hydrogen) atoms.